The van der Waals surface area contributed by atoms with E-state index in [1.54, 1.807) is 0 Å². The molecule has 4 nitrogen and oxygen atoms in total. The van der Waals surface area contributed by atoms with Crippen molar-refractivity contribution < 1.29 is 4.79 Å². The second kappa shape index (κ2) is 5.31. The highest BCUT2D eigenvalue weighted by Gasteiger charge is 2.18. The Morgan fingerprint density at radius 3 is 2.63 bits per heavy atom. The number of nitrogens with one attached hydrogen (secondary N) is 1. The van der Waals surface area contributed by atoms with Crippen molar-refractivity contribution in [3.8, 4) is 0 Å². The molecular formula is C15H21N3O. The van der Waals surface area contributed by atoms with Gasteiger partial charge < -0.3 is 4.90 Å². The lowest BCUT2D eigenvalue weighted by molar-refractivity contribution is 0.0662. The maximum Gasteiger partial charge on any atom is 0.265 e. The number of benzene rings is 1. The monoisotopic (exact) mass is 259 g/mol. The fraction of sp³-hybridized carbons (Fsp3) is 0.533. The first-order valence-electron chi connectivity index (χ1n) is 7.08. The lowest BCUT2D eigenvalue weighted by Gasteiger charge is -2.32. The standard InChI is InChI=1S/C15H21N3O/c1-17-7-9-18(10-8-17)16-15(19)14-6-5-12-3-2-4-13(12)11-14/h5-6,11H,2-4,7-10H2,1H3,(H,16,19). The molecular weight excluding hydrogens is 238 g/mol. The first-order valence-corrected chi connectivity index (χ1v) is 7.08. The van der Waals surface area contributed by atoms with Gasteiger partial charge in [0, 0.05) is 31.7 Å². The van der Waals surface area contributed by atoms with Crippen LogP contribution in [0.1, 0.15) is 27.9 Å². The van der Waals surface area contributed by atoms with Gasteiger partial charge in [0.05, 0.1) is 0 Å². The molecule has 0 aromatic heterocycles. The molecule has 1 aliphatic carbocycles. The third kappa shape index (κ3) is 2.80. The summed E-state index contributed by atoms with van der Waals surface area (Å²) in [6, 6.07) is 6.13. The van der Waals surface area contributed by atoms with Crippen LogP contribution >= 0.6 is 0 Å². The predicted octanol–water partition coefficient (Wildman–Crippen LogP) is 1.07. The van der Waals surface area contributed by atoms with Gasteiger partial charge in [0.15, 0.2) is 0 Å². The van der Waals surface area contributed by atoms with Crippen molar-refractivity contribution in [2.75, 3.05) is 33.2 Å². The van der Waals surface area contributed by atoms with E-state index in [9.17, 15) is 4.79 Å². The number of rotatable bonds is 2. The summed E-state index contributed by atoms with van der Waals surface area (Å²) in [6.07, 6.45) is 3.50. The van der Waals surface area contributed by atoms with Gasteiger partial charge >= 0.3 is 0 Å². The van der Waals surface area contributed by atoms with Crippen molar-refractivity contribution >= 4 is 5.91 Å². The minimum atomic E-state index is 0.0271. The van der Waals surface area contributed by atoms with E-state index in [-0.39, 0.29) is 5.91 Å². The summed E-state index contributed by atoms with van der Waals surface area (Å²) < 4.78 is 0. The highest BCUT2D eigenvalue weighted by molar-refractivity contribution is 5.94. The number of nitrogens with zero attached hydrogens (tertiary/aromatic N) is 2. The van der Waals surface area contributed by atoms with Gasteiger partial charge in [0.2, 0.25) is 0 Å². The van der Waals surface area contributed by atoms with Crippen molar-refractivity contribution in [3.05, 3.63) is 34.9 Å². The summed E-state index contributed by atoms with van der Waals surface area (Å²) in [6.45, 7) is 3.80. The van der Waals surface area contributed by atoms with Crippen molar-refractivity contribution in [1.82, 2.24) is 15.3 Å². The van der Waals surface area contributed by atoms with Crippen LogP contribution in [0.4, 0.5) is 0 Å². The lowest BCUT2D eigenvalue weighted by atomic mass is 10.1. The first-order chi connectivity index (χ1) is 9.22. The Balaban J connectivity index is 1.64. The number of hydrogen-bond acceptors (Lipinski definition) is 3. The largest absolute Gasteiger partial charge is 0.304 e. The third-order valence-corrected chi connectivity index (χ3v) is 4.12. The highest BCUT2D eigenvalue weighted by atomic mass is 16.2. The molecule has 1 aromatic rings. The minimum Gasteiger partial charge on any atom is -0.304 e. The van der Waals surface area contributed by atoms with Crippen LogP contribution in [-0.4, -0.2) is 49.0 Å². The van der Waals surface area contributed by atoms with Crippen LogP contribution < -0.4 is 5.43 Å². The van der Waals surface area contributed by atoms with Gasteiger partial charge in [-0.25, -0.2) is 5.01 Å². The summed E-state index contributed by atoms with van der Waals surface area (Å²) in [5, 5.41) is 2.02. The second-order valence-electron chi connectivity index (χ2n) is 5.57. The third-order valence-electron chi connectivity index (χ3n) is 4.12. The van der Waals surface area contributed by atoms with Crippen LogP contribution in [-0.2, 0) is 12.8 Å². The van der Waals surface area contributed by atoms with Crippen LogP contribution in [0.25, 0.3) is 0 Å². The number of fused-ring (bicyclic) bond motifs is 1. The lowest BCUT2D eigenvalue weighted by Crippen LogP contribution is -2.52. The number of hydrazine groups is 1. The van der Waals surface area contributed by atoms with E-state index in [2.05, 4.69) is 29.5 Å². The van der Waals surface area contributed by atoms with Crippen LogP contribution in [0.5, 0.6) is 0 Å². The quantitative estimate of drug-likeness (QED) is 0.863. The number of carbonyl (C=O) groups is 1. The molecule has 0 unspecified atom stereocenters. The summed E-state index contributed by atoms with van der Waals surface area (Å²) in [5.74, 6) is 0.0271. The van der Waals surface area contributed by atoms with Gasteiger partial charge in [-0.2, -0.15) is 0 Å². The molecule has 0 saturated carbocycles. The van der Waals surface area contributed by atoms with Crippen molar-refractivity contribution in [2.45, 2.75) is 19.3 Å². The first kappa shape index (κ1) is 12.6. The van der Waals surface area contributed by atoms with E-state index in [1.165, 1.54) is 17.5 Å². The number of aryl methyl sites for hydroxylation is 2. The van der Waals surface area contributed by atoms with E-state index < -0.39 is 0 Å². The van der Waals surface area contributed by atoms with Gasteiger partial charge in [-0.1, -0.05) is 6.07 Å². The maximum atomic E-state index is 12.2. The molecule has 1 heterocycles. The summed E-state index contributed by atoms with van der Waals surface area (Å²) >= 11 is 0. The number of likely N-dealkylation sites (N-methyl/N-ethyl adjacent to an activating group) is 1. The van der Waals surface area contributed by atoms with Crippen LogP contribution in [0.2, 0.25) is 0 Å². The Morgan fingerprint density at radius 1 is 1.11 bits per heavy atom. The number of amides is 1. The fourth-order valence-corrected chi connectivity index (χ4v) is 2.84. The molecule has 102 valence electrons. The molecule has 2 aliphatic rings. The van der Waals surface area contributed by atoms with E-state index in [0.717, 1.165) is 44.6 Å². The SMILES string of the molecule is CN1CCN(NC(=O)c2ccc3c(c2)CCC3)CC1. The summed E-state index contributed by atoms with van der Waals surface area (Å²) in [4.78, 5) is 14.5. The Hall–Kier alpha value is -1.39. The van der Waals surface area contributed by atoms with Gasteiger partial charge in [-0.3, -0.25) is 10.2 Å². The number of piperazine rings is 1. The van der Waals surface area contributed by atoms with E-state index in [0.29, 0.717) is 0 Å². The van der Waals surface area contributed by atoms with Gasteiger partial charge in [0.1, 0.15) is 0 Å². The number of carbonyl (C=O) groups excluding carboxylic acids is 1. The predicted molar refractivity (Wildman–Crippen MR) is 75.0 cm³/mol. The molecule has 1 aromatic carbocycles. The Morgan fingerprint density at radius 2 is 1.84 bits per heavy atom. The van der Waals surface area contributed by atoms with Crippen LogP contribution in [0.3, 0.4) is 0 Å². The van der Waals surface area contributed by atoms with Crippen LogP contribution in [0, 0.1) is 0 Å². The Kier molecular flexibility index (Phi) is 3.53. The van der Waals surface area contributed by atoms with Gasteiger partial charge in [-0.05, 0) is 49.6 Å². The summed E-state index contributed by atoms with van der Waals surface area (Å²) in [5.41, 5.74) is 6.57. The van der Waals surface area contributed by atoms with Crippen molar-refractivity contribution in [2.24, 2.45) is 0 Å². The zero-order valence-electron chi connectivity index (χ0n) is 11.5. The smallest absolute Gasteiger partial charge is 0.265 e. The van der Waals surface area contributed by atoms with Crippen LogP contribution in [0.15, 0.2) is 18.2 Å². The zero-order chi connectivity index (χ0) is 13.2. The molecule has 1 aliphatic heterocycles. The van der Waals surface area contributed by atoms with E-state index in [1.807, 2.05) is 11.1 Å². The molecule has 0 spiro atoms. The molecule has 19 heavy (non-hydrogen) atoms. The summed E-state index contributed by atoms with van der Waals surface area (Å²) in [7, 11) is 2.11. The van der Waals surface area contributed by atoms with Crippen molar-refractivity contribution in [3.63, 3.8) is 0 Å². The molecule has 0 atom stereocenters. The molecule has 4 heteroatoms. The molecule has 3 rings (SSSR count). The molecule has 0 radical (unpaired) electrons. The Labute approximate surface area is 114 Å². The highest BCUT2D eigenvalue weighted by Crippen LogP contribution is 2.22. The number of hydrogen-bond donors (Lipinski definition) is 1. The maximum absolute atomic E-state index is 12.2. The fourth-order valence-electron chi connectivity index (χ4n) is 2.84. The van der Waals surface area contributed by atoms with Crippen molar-refractivity contribution in [1.29, 1.82) is 0 Å². The van der Waals surface area contributed by atoms with E-state index >= 15 is 0 Å². The molecule has 1 N–H and O–H groups in total. The molecule has 1 amide bonds. The van der Waals surface area contributed by atoms with E-state index in [4.69, 9.17) is 0 Å². The zero-order valence-corrected chi connectivity index (χ0v) is 11.5. The topological polar surface area (TPSA) is 35.6 Å². The average Bonchev–Trinajstić information content (AvgIpc) is 2.88. The normalized spacial score (nSPS) is 20.3. The second-order valence-corrected chi connectivity index (χ2v) is 5.57. The van der Waals surface area contributed by atoms with Gasteiger partial charge in [0.25, 0.3) is 5.91 Å². The Bertz CT molecular complexity index is 478. The molecule has 1 fully saturated rings. The average molecular weight is 259 g/mol. The minimum absolute atomic E-state index is 0.0271. The molecule has 0 bridgehead atoms. The molecule has 1 saturated heterocycles. The van der Waals surface area contributed by atoms with Gasteiger partial charge in [-0.15, -0.1) is 0 Å².